The van der Waals surface area contributed by atoms with Crippen molar-refractivity contribution in [1.82, 2.24) is 30.2 Å². The van der Waals surface area contributed by atoms with Crippen molar-refractivity contribution in [2.45, 2.75) is 12.1 Å². The molecule has 8 nitrogen and oxygen atoms in total. The van der Waals surface area contributed by atoms with Gasteiger partial charge in [-0.3, -0.25) is 0 Å². The monoisotopic (exact) mass is 332 g/mol. The van der Waals surface area contributed by atoms with E-state index in [0.29, 0.717) is 10.8 Å². The van der Waals surface area contributed by atoms with Gasteiger partial charge in [0, 0.05) is 5.69 Å². The van der Waals surface area contributed by atoms with Gasteiger partial charge in [0.05, 0.1) is 11.9 Å². The molecule has 3 aromatic rings. The van der Waals surface area contributed by atoms with E-state index in [0.717, 1.165) is 17.4 Å². The summed E-state index contributed by atoms with van der Waals surface area (Å²) >= 11 is 1.44. The number of rotatable bonds is 4. The number of nitrogens with two attached hydrogens (primary N) is 1. The Balaban J connectivity index is 1.95. The normalized spacial score (nSPS) is 10.7. The number of halogens is 1. The van der Waals surface area contributed by atoms with Gasteiger partial charge in [0.1, 0.15) is 0 Å². The van der Waals surface area contributed by atoms with Gasteiger partial charge in [0.25, 0.3) is 0 Å². The van der Waals surface area contributed by atoms with Gasteiger partial charge in [0.15, 0.2) is 11.6 Å². The highest BCUT2D eigenvalue weighted by Gasteiger charge is 2.11. The average molecular weight is 332 g/mol. The van der Waals surface area contributed by atoms with Crippen molar-refractivity contribution in [2.75, 3.05) is 17.3 Å². The van der Waals surface area contributed by atoms with Gasteiger partial charge < -0.3 is 11.1 Å². The van der Waals surface area contributed by atoms with E-state index >= 15 is 0 Å². The Morgan fingerprint density at radius 2 is 2.17 bits per heavy atom. The van der Waals surface area contributed by atoms with Gasteiger partial charge >= 0.3 is 0 Å². The fourth-order valence-electron chi connectivity index (χ4n) is 1.94. The molecule has 23 heavy (non-hydrogen) atoms. The molecule has 0 unspecified atom stereocenters. The third-order valence-corrected chi connectivity index (χ3v) is 3.71. The Bertz CT molecular complexity index is 850. The molecular formula is C13H13FN8S. The van der Waals surface area contributed by atoms with Crippen LogP contribution in [-0.2, 0) is 0 Å². The minimum atomic E-state index is -0.654. The number of aryl methyl sites for hydroxylation is 1. The highest BCUT2D eigenvalue weighted by atomic mass is 32.2. The van der Waals surface area contributed by atoms with Gasteiger partial charge in [-0.05, 0) is 41.3 Å². The smallest absolute Gasteiger partial charge is 0.229 e. The number of tetrazole rings is 1. The fourth-order valence-corrected chi connectivity index (χ4v) is 2.37. The zero-order valence-corrected chi connectivity index (χ0v) is 13.2. The second-order valence-electron chi connectivity index (χ2n) is 4.63. The second kappa shape index (κ2) is 6.16. The highest BCUT2D eigenvalue weighted by molar-refractivity contribution is 7.98. The zero-order valence-electron chi connectivity index (χ0n) is 12.4. The molecule has 0 fully saturated rings. The van der Waals surface area contributed by atoms with Gasteiger partial charge in [-0.2, -0.15) is 9.67 Å². The van der Waals surface area contributed by atoms with Crippen molar-refractivity contribution >= 4 is 29.2 Å². The van der Waals surface area contributed by atoms with Crippen LogP contribution < -0.4 is 11.1 Å². The molecule has 0 aliphatic rings. The summed E-state index contributed by atoms with van der Waals surface area (Å²) in [5, 5.41) is 15.3. The summed E-state index contributed by atoms with van der Waals surface area (Å²) in [4.78, 5) is 7.70. The molecule has 10 heteroatoms. The van der Waals surface area contributed by atoms with Gasteiger partial charge in [-0.25, -0.2) is 9.37 Å². The third kappa shape index (κ3) is 3.06. The Kier molecular flexibility index (Phi) is 4.06. The van der Waals surface area contributed by atoms with Crippen LogP contribution >= 0.6 is 11.8 Å². The standard InChI is InChI=1S/C13H13FN8S/c1-7-3-4-8(17-12-16-6-9(14)11(15)18-12)5-10(7)22-13(23-2)19-20-21-22/h3-6H,1-2H3,(H3,15,16,17,18). The topological polar surface area (TPSA) is 107 Å². The first kappa shape index (κ1) is 15.2. The third-order valence-electron chi connectivity index (χ3n) is 3.09. The lowest BCUT2D eigenvalue weighted by Gasteiger charge is -2.10. The van der Waals surface area contributed by atoms with Crippen LogP contribution in [0.1, 0.15) is 5.56 Å². The maximum absolute atomic E-state index is 13.1. The molecule has 0 saturated carbocycles. The predicted octanol–water partition coefficient (Wildman–Crippen LogP) is 1.95. The first-order valence-corrected chi connectivity index (χ1v) is 7.79. The van der Waals surface area contributed by atoms with E-state index in [1.807, 2.05) is 31.4 Å². The van der Waals surface area contributed by atoms with Crippen molar-refractivity contribution in [3.8, 4) is 5.69 Å². The van der Waals surface area contributed by atoms with Crippen LogP contribution in [0.25, 0.3) is 5.69 Å². The van der Waals surface area contributed by atoms with Crippen LogP contribution in [0.15, 0.2) is 29.6 Å². The van der Waals surface area contributed by atoms with Gasteiger partial charge in [-0.15, -0.1) is 5.10 Å². The summed E-state index contributed by atoms with van der Waals surface area (Å²) in [6.45, 7) is 1.96. The van der Waals surface area contributed by atoms with Crippen molar-refractivity contribution in [2.24, 2.45) is 0 Å². The molecule has 0 aliphatic heterocycles. The summed E-state index contributed by atoms with van der Waals surface area (Å²) < 4.78 is 14.8. The number of benzene rings is 1. The van der Waals surface area contributed by atoms with Crippen molar-refractivity contribution in [1.29, 1.82) is 0 Å². The molecule has 0 amide bonds. The van der Waals surface area contributed by atoms with E-state index in [4.69, 9.17) is 5.73 Å². The molecule has 1 aromatic carbocycles. The van der Waals surface area contributed by atoms with Crippen molar-refractivity contribution < 1.29 is 4.39 Å². The van der Waals surface area contributed by atoms with Crippen LogP contribution in [0.2, 0.25) is 0 Å². The van der Waals surface area contributed by atoms with E-state index in [-0.39, 0.29) is 11.8 Å². The number of nitrogens with one attached hydrogen (secondary N) is 1. The predicted molar refractivity (Wildman–Crippen MR) is 85.4 cm³/mol. The van der Waals surface area contributed by atoms with E-state index in [1.165, 1.54) is 11.8 Å². The molecule has 2 heterocycles. The van der Waals surface area contributed by atoms with Crippen LogP contribution in [0, 0.1) is 12.7 Å². The quantitative estimate of drug-likeness (QED) is 0.698. The molecular weight excluding hydrogens is 319 g/mol. The van der Waals surface area contributed by atoms with Crippen LogP contribution in [0.5, 0.6) is 0 Å². The molecule has 0 spiro atoms. The molecule has 0 atom stereocenters. The molecule has 118 valence electrons. The van der Waals surface area contributed by atoms with E-state index < -0.39 is 5.82 Å². The molecule has 0 saturated heterocycles. The van der Waals surface area contributed by atoms with Crippen LogP contribution in [0.4, 0.5) is 21.8 Å². The number of aromatic nitrogens is 6. The zero-order chi connectivity index (χ0) is 16.4. The maximum atomic E-state index is 13.1. The van der Waals surface area contributed by atoms with Gasteiger partial charge in [0.2, 0.25) is 11.1 Å². The Labute approximate surface area is 135 Å². The number of nitrogen functional groups attached to an aromatic ring is 1. The Morgan fingerprint density at radius 3 is 2.91 bits per heavy atom. The molecule has 3 rings (SSSR count). The molecule has 3 N–H and O–H groups in total. The van der Waals surface area contributed by atoms with Gasteiger partial charge in [-0.1, -0.05) is 17.8 Å². The molecule has 0 bridgehead atoms. The average Bonchev–Trinajstić information content (AvgIpc) is 3.01. The maximum Gasteiger partial charge on any atom is 0.229 e. The second-order valence-corrected chi connectivity index (χ2v) is 5.40. The first-order valence-electron chi connectivity index (χ1n) is 6.57. The van der Waals surface area contributed by atoms with Crippen LogP contribution in [-0.4, -0.2) is 36.4 Å². The molecule has 0 aliphatic carbocycles. The first-order chi connectivity index (χ1) is 11.1. The Hall–Kier alpha value is -2.75. The van der Waals surface area contributed by atoms with Crippen molar-refractivity contribution in [3.63, 3.8) is 0 Å². The molecule has 2 aromatic heterocycles. The fraction of sp³-hybridized carbons (Fsp3) is 0.154. The number of hydrogen-bond donors (Lipinski definition) is 2. The minimum absolute atomic E-state index is 0.208. The Morgan fingerprint density at radius 1 is 1.35 bits per heavy atom. The number of nitrogens with zero attached hydrogens (tertiary/aromatic N) is 6. The summed E-state index contributed by atoms with van der Waals surface area (Å²) in [7, 11) is 0. The van der Waals surface area contributed by atoms with E-state index in [1.54, 1.807) is 4.68 Å². The SMILES string of the molecule is CSc1nnnn1-c1cc(Nc2ncc(F)c(N)n2)ccc1C. The van der Waals surface area contributed by atoms with E-state index in [9.17, 15) is 4.39 Å². The number of thioether (sulfide) groups is 1. The van der Waals surface area contributed by atoms with Crippen LogP contribution in [0.3, 0.4) is 0 Å². The number of anilines is 3. The summed E-state index contributed by atoms with van der Waals surface area (Å²) in [5.74, 6) is -0.654. The minimum Gasteiger partial charge on any atom is -0.381 e. The summed E-state index contributed by atoms with van der Waals surface area (Å²) in [5.41, 5.74) is 7.97. The lowest BCUT2D eigenvalue weighted by Crippen LogP contribution is -2.05. The lowest BCUT2D eigenvalue weighted by molar-refractivity contribution is 0.620. The largest absolute Gasteiger partial charge is 0.381 e. The lowest BCUT2D eigenvalue weighted by atomic mass is 10.2. The molecule has 0 radical (unpaired) electrons. The van der Waals surface area contributed by atoms with E-state index in [2.05, 4.69) is 30.8 Å². The summed E-state index contributed by atoms with van der Waals surface area (Å²) in [6.07, 6.45) is 2.92. The highest BCUT2D eigenvalue weighted by Crippen LogP contribution is 2.24. The van der Waals surface area contributed by atoms with Crippen molar-refractivity contribution in [3.05, 3.63) is 35.8 Å². The number of hydrogen-bond acceptors (Lipinski definition) is 8. The summed E-state index contributed by atoms with van der Waals surface area (Å²) in [6, 6.07) is 5.62.